The highest BCUT2D eigenvalue weighted by atomic mass is 19.1. The number of hydrogen-bond donors (Lipinski definition) is 1. The summed E-state index contributed by atoms with van der Waals surface area (Å²) in [4.78, 5) is 28.8. The second-order valence-corrected chi connectivity index (χ2v) is 8.19. The molecule has 26 heavy (non-hydrogen) atoms. The highest BCUT2D eigenvalue weighted by molar-refractivity contribution is 5.94. The van der Waals surface area contributed by atoms with Crippen LogP contribution in [0.25, 0.3) is 0 Å². The lowest BCUT2D eigenvalue weighted by molar-refractivity contribution is -0.126. The van der Waals surface area contributed by atoms with Crippen LogP contribution < -0.4 is 5.32 Å². The SMILES string of the molecule is CN(C)CC(C)(C)CNC(=O)C1CCN(C(=O)c2ccc(F)cc2)CC1. The summed E-state index contributed by atoms with van der Waals surface area (Å²) < 4.78 is 13.0. The Morgan fingerprint density at radius 3 is 2.31 bits per heavy atom. The van der Waals surface area contributed by atoms with Gasteiger partial charge in [-0.15, -0.1) is 0 Å². The van der Waals surface area contributed by atoms with E-state index in [0.29, 0.717) is 38.0 Å². The van der Waals surface area contributed by atoms with Crippen molar-refractivity contribution >= 4 is 11.8 Å². The number of benzene rings is 1. The zero-order valence-electron chi connectivity index (χ0n) is 16.2. The summed E-state index contributed by atoms with van der Waals surface area (Å²) in [7, 11) is 4.05. The predicted octanol–water partition coefficient (Wildman–Crippen LogP) is 2.38. The number of carbonyl (C=O) groups is 2. The summed E-state index contributed by atoms with van der Waals surface area (Å²) in [5.41, 5.74) is 0.498. The molecule has 0 atom stereocenters. The molecule has 1 N–H and O–H groups in total. The monoisotopic (exact) mass is 363 g/mol. The van der Waals surface area contributed by atoms with Crippen molar-refractivity contribution in [2.45, 2.75) is 26.7 Å². The molecule has 6 heteroatoms. The lowest BCUT2D eigenvalue weighted by Gasteiger charge is -2.33. The number of nitrogens with one attached hydrogen (secondary N) is 1. The summed E-state index contributed by atoms with van der Waals surface area (Å²) in [6.07, 6.45) is 1.32. The molecule has 144 valence electrons. The standard InChI is InChI=1S/C20H30FN3O2/c1-20(2,14-23(3)4)13-22-18(25)15-9-11-24(12-10-15)19(26)16-5-7-17(21)8-6-16/h5-8,15H,9-14H2,1-4H3,(H,22,25). The summed E-state index contributed by atoms with van der Waals surface area (Å²) in [6, 6.07) is 5.60. The van der Waals surface area contributed by atoms with Gasteiger partial charge in [0.2, 0.25) is 5.91 Å². The molecule has 0 radical (unpaired) electrons. The molecular formula is C20H30FN3O2. The maximum Gasteiger partial charge on any atom is 0.253 e. The molecule has 2 rings (SSSR count). The maximum absolute atomic E-state index is 13.0. The third kappa shape index (κ3) is 5.80. The van der Waals surface area contributed by atoms with Crippen LogP contribution in [0.15, 0.2) is 24.3 Å². The number of nitrogens with zero attached hydrogens (tertiary/aromatic N) is 2. The number of hydrogen-bond acceptors (Lipinski definition) is 3. The number of piperidine rings is 1. The fraction of sp³-hybridized carbons (Fsp3) is 0.600. The average Bonchev–Trinajstić information content (AvgIpc) is 2.59. The van der Waals surface area contributed by atoms with Gasteiger partial charge in [0.15, 0.2) is 0 Å². The minimum Gasteiger partial charge on any atom is -0.355 e. The van der Waals surface area contributed by atoms with Crippen LogP contribution in [0.2, 0.25) is 0 Å². The van der Waals surface area contributed by atoms with Crippen LogP contribution in [-0.2, 0) is 4.79 Å². The van der Waals surface area contributed by atoms with Gasteiger partial charge >= 0.3 is 0 Å². The van der Waals surface area contributed by atoms with E-state index in [1.807, 2.05) is 14.1 Å². The van der Waals surface area contributed by atoms with Gasteiger partial charge < -0.3 is 15.1 Å². The Labute approximate surface area is 155 Å². The molecule has 0 spiro atoms. The highest BCUT2D eigenvalue weighted by Crippen LogP contribution is 2.21. The quantitative estimate of drug-likeness (QED) is 0.844. The van der Waals surface area contributed by atoms with Crippen molar-refractivity contribution in [2.75, 3.05) is 40.3 Å². The van der Waals surface area contributed by atoms with Gasteiger partial charge in [0.05, 0.1) is 0 Å². The number of carbonyl (C=O) groups excluding carboxylic acids is 2. The molecule has 1 aliphatic heterocycles. The molecule has 5 nitrogen and oxygen atoms in total. The van der Waals surface area contributed by atoms with Crippen LogP contribution in [0.5, 0.6) is 0 Å². The summed E-state index contributed by atoms with van der Waals surface area (Å²) in [5, 5.41) is 3.07. The summed E-state index contributed by atoms with van der Waals surface area (Å²) in [5.74, 6) is -0.432. The van der Waals surface area contributed by atoms with E-state index < -0.39 is 0 Å². The Kier molecular flexibility index (Phi) is 6.75. The van der Waals surface area contributed by atoms with E-state index >= 15 is 0 Å². The van der Waals surface area contributed by atoms with E-state index in [9.17, 15) is 14.0 Å². The molecule has 0 aliphatic carbocycles. The van der Waals surface area contributed by atoms with Gasteiger partial charge in [0.1, 0.15) is 5.82 Å². The van der Waals surface area contributed by atoms with E-state index in [4.69, 9.17) is 0 Å². The van der Waals surface area contributed by atoms with Gasteiger partial charge in [-0.05, 0) is 56.6 Å². The molecule has 1 aromatic rings. The van der Waals surface area contributed by atoms with Crippen molar-refractivity contribution in [3.8, 4) is 0 Å². The van der Waals surface area contributed by atoms with E-state index in [0.717, 1.165) is 6.54 Å². The van der Waals surface area contributed by atoms with Crippen molar-refractivity contribution in [2.24, 2.45) is 11.3 Å². The molecule has 1 aromatic carbocycles. The first-order chi connectivity index (χ1) is 12.2. The second-order valence-electron chi connectivity index (χ2n) is 8.19. The molecule has 1 aliphatic rings. The van der Waals surface area contributed by atoms with Crippen molar-refractivity contribution in [1.29, 1.82) is 0 Å². The third-order valence-electron chi connectivity index (χ3n) is 4.73. The van der Waals surface area contributed by atoms with Crippen molar-refractivity contribution < 1.29 is 14.0 Å². The minimum atomic E-state index is -0.353. The largest absolute Gasteiger partial charge is 0.355 e. The van der Waals surface area contributed by atoms with E-state index in [1.54, 1.807) is 4.90 Å². The average molecular weight is 363 g/mol. The molecular weight excluding hydrogens is 333 g/mol. The highest BCUT2D eigenvalue weighted by Gasteiger charge is 2.29. The van der Waals surface area contributed by atoms with Crippen molar-refractivity contribution in [3.05, 3.63) is 35.6 Å². The molecule has 1 heterocycles. The second kappa shape index (κ2) is 8.62. The Balaban J connectivity index is 1.81. The summed E-state index contributed by atoms with van der Waals surface area (Å²) in [6.45, 7) is 6.91. The molecule has 1 saturated heterocycles. The maximum atomic E-state index is 13.0. The van der Waals surface area contributed by atoms with Gasteiger partial charge in [-0.2, -0.15) is 0 Å². The molecule has 0 aromatic heterocycles. The van der Waals surface area contributed by atoms with Gasteiger partial charge in [0.25, 0.3) is 5.91 Å². The normalized spacial score (nSPS) is 16.0. The van der Waals surface area contributed by atoms with Crippen LogP contribution in [0.3, 0.4) is 0 Å². The number of rotatable bonds is 6. The van der Waals surface area contributed by atoms with Crippen LogP contribution in [0.4, 0.5) is 4.39 Å². The van der Waals surface area contributed by atoms with E-state index in [1.165, 1.54) is 24.3 Å². The number of halogens is 1. The van der Waals surface area contributed by atoms with Gasteiger partial charge in [-0.3, -0.25) is 9.59 Å². The molecule has 0 unspecified atom stereocenters. The first-order valence-corrected chi connectivity index (χ1v) is 9.15. The summed E-state index contributed by atoms with van der Waals surface area (Å²) >= 11 is 0. The topological polar surface area (TPSA) is 52.7 Å². The lowest BCUT2D eigenvalue weighted by atomic mass is 9.91. The van der Waals surface area contributed by atoms with Crippen molar-refractivity contribution in [1.82, 2.24) is 15.1 Å². The van der Waals surface area contributed by atoms with Crippen LogP contribution in [-0.4, -0.2) is 61.9 Å². The fourth-order valence-corrected chi connectivity index (χ4v) is 3.50. The Hall–Kier alpha value is -1.95. The smallest absolute Gasteiger partial charge is 0.253 e. The zero-order chi connectivity index (χ0) is 19.3. The number of likely N-dealkylation sites (tertiary alicyclic amines) is 1. The Bertz CT molecular complexity index is 620. The first-order valence-electron chi connectivity index (χ1n) is 9.15. The minimum absolute atomic E-state index is 0.0123. The lowest BCUT2D eigenvalue weighted by Crippen LogP contribution is -2.46. The Morgan fingerprint density at radius 2 is 1.77 bits per heavy atom. The van der Waals surface area contributed by atoms with E-state index in [-0.39, 0.29) is 29.0 Å². The van der Waals surface area contributed by atoms with Crippen LogP contribution in [0.1, 0.15) is 37.0 Å². The van der Waals surface area contributed by atoms with Gasteiger partial charge in [0, 0.05) is 37.7 Å². The third-order valence-corrected chi connectivity index (χ3v) is 4.73. The number of amides is 2. The fourth-order valence-electron chi connectivity index (χ4n) is 3.50. The molecule has 0 bridgehead atoms. The van der Waals surface area contributed by atoms with Gasteiger partial charge in [-0.25, -0.2) is 4.39 Å². The van der Waals surface area contributed by atoms with E-state index in [2.05, 4.69) is 24.1 Å². The van der Waals surface area contributed by atoms with Crippen LogP contribution >= 0.6 is 0 Å². The van der Waals surface area contributed by atoms with Crippen molar-refractivity contribution in [3.63, 3.8) is 0 Å². The zero-order valence-corrected chi connectivity index (χ0v) is 16.2. The Morgan fingerprint density at radius 1 is 1.19 bits per heavy atom. The van der Waals surface area contributed by atoms with Gasteiger partial charge in [-0.1, -0.05) is 13.8 Å². The molecule has 2 amide bonds. The van der Waals surface area contributed by atoms with Crippen LogP contribution in [0, 0.1) is 17.2 Å². The predicted molar refractivity (Wildman–Crippen MR) is 100 cm³/mol. The molecule has 0 saturated carbocycles. The molecule has 1 fully saturated rings. The first kappa shape index (κ1) is 20.4.